The molecule has 0 aromatic heterocycles. The summed E-state index contributed by atoms with van der Waals surface area (Å²) in [6.45, 7) is 9.24. The minimum absolute atomic E-state index is 0.693. The van der Waals surface area contributed by atoms with Crippen LogP contribution < -0.4 is 4.74 Å². The second kappa shape index (κ2) is 7.12. The number of methoxy groups -OCH3 is 1. The van der Waals surface area contributed by atoms with Gasteiger partial charge in [0.2, 0.25) is 0 Å². The van der Waals surface area contributed by atoms with E-state index in [0.29, 0.717) is 6.04 Å². The van der Waals surface area contributed by atoms with E-state index in [1.54, 1.807) is 7.11 Å². The number of nitrogens with zero attached hydrogens (tertiary/aromatic N) is 1. The molecular weight excluding hydrogens is 246 g/mol. The first-order valence-corrected chi connectivity index (χ1v) is 8.10. The summed E-state index contributed by atoms with van der Waals surface area (Å²) in [5.74, 6) is 1.09. The molecule has 0 N–H and O–H groups in total. The number of ether oxygens (including phenoxy) is 1. The maximum Gasteiger partial charge on any atom is 0.122 e. The van der Waals surface area contributed by atoms with E-state index in [4.69, 9.17) is 4.74 Å². The molecule has 20 heavy (non-hydrogen) atoms. The van der Waals surface area contributed by atoms with Crippen LogP contribution in [0.5, 0.6) is 5.75 Å². The van der Waals surface area contributed by atoms with Crippen molar-refractivity contribution in [2.75, 3.05) is 20.2 Å². The van der Waals surface area contributed by atoms with Gasteiger partial charge in [-0.05, 0) is 74.9 Å². The third kappa shape index (κ3) is 3.17. The molecule has 0 spiro atoms. The van der Waals surface area contributed by atoms with E-state index in [2.05, 4.69) is 37.8 Å². The highest BCUT2D eigenvalue weighted by Gasteiger charge is 2.26. The molecule has 0 amide bonds. The fourth-order valence-corrected chi connectivity index (χ4v) is 3.56. The molecule has 2 nitrogen and oxygen atoms in total. The topological polar surface area (TPSA) is 12.5 Å². The van der Waals surface area contributed by atoms with Crippen LogP contribution >= 0.6 is 0 Å². The molecule has 0 heterocycles. The van der Waals surface area contributed by atoms with Crippen molar-refractivity contribution in [2.45, 2.75) is 58.9 Å². The Labute approximate surface area is 124 Å². The van der Waals surface area contributed by atoms with Gasteiger partial charge >= 0.3 is 0 Å². The highest BCUT2D eigenvalue weighted by atomic mass is 16.5. The van der Waals surface area contributed by atoms with Crippen molar-refractivity contribution in [3.63, 3.8) is 0 Å². The first-order chi connectivity index (χ1) is 9.71. The van der Waals surface area contributed by atoms with Gasteiger partial charge in [0.1, 0.15) is 5.75 Å². The Morgan fingerprint density at radius 3 is 2.45 bits per heavy atom. The molecule has 0 bridgehead atoms. The quantitative estimate of drug-likeness (QED) is 0.778. The zero-order chi connectivity index (χ0) is 14.5. The van der Waals surface area contributed by atoms with E-state index in [9.17, 15) is 0 Å². The van der Waals surface area contributed by atoms with Gasteiger partial charge in [-0.2, -0.15) is 0 Å². The van der Waals surface area contributed by atoms with Crippen LogP contribution in [0.3, 0.4) is 0 Å². The van der Waals surface area contributed by atoms with Gasteiger partial charge in [-0.25, -0.2) is 0 Å². The SMILES string of the molecule is CCCN(CCC)C1CCc2c(C)ccc(OC)c2C1. The summed E-state index contributed by atoms with van der Waals surface area (Å²) in [5, 5.41) is 0. The third-order valence-electron chi connectivity index (χ3n) is 4.55. The van der Waals surface area contributed by atoms with Crippen LogP contribution in [0, 0.1) is 6.92 Å². The van der Waals surface area contributed by atoms with Gasteiger partial charge in [0.05, 0.1) is 7.11 Å². The molecule has 0 aliphatic heterocycles. The van der Waals surface area contributed by atoms with Crippen LogP contribution in [0.1, 0.15) is 49.8 Å². The van der Waals surface area contributed by atoms with E-state index < -0.39 is 0 Å². The van der Waals surface area contributed by atoms with Crippen molar-refractivity contribution in [2.24, 2.45) is 0 Å². The van der Waals surface area contributed by atoms with E-state index in [-0.39, 0.29) is 0 Å². The predicted octanol–water partition coefficient (Wildman–Crippen LogP) is 3.98. The normalized spacial score (nSPS) is 18.1. The summed E-state index contributed by atoms with van der Waals surface area (Å²) in [4.78, 5) is 2.69. The Morgan fingerprint density at radius 2 is 1.85 bits per heavy atom. The van der Waals surface area contributed by atoms with E-state index in [1.807, 2.05) is 0 Å². The molecule has 0 radical (unpaired) electrons. The lowest BCUT2D eigenvalue weighted by atomic mass is 9.84. The number of hydrogen-bond acceptors (Lipinski definition) is 2. The number of benzene rings is 1. The van der Waals surface area contributed by atoms with E-state index in [1.165, 1.54) is 55.5 Å². The molecular formula is C18H29NO. The second-order valence-electron chi connectivity index (χ2n) is 5.97. The van der Waals surface area contributed by atoms with Gasteiger partial charge in [-0.3, -0.25) is 0 Å². The lowest BCUT2D eigenvalue weighted by molar-refractivity contribution is 0.178. The summed E-state index contributed by atoms with van der Waals surface area (Å²) in [7, 11) is 1.80. The molecule has 1 atom stereocenters. The Hall–Kier alpha value is -1.02. The minimum Gasteiger partial charge on any atom is -0.496 e. The van der Waals surface area contributed by atoms with Crippen molar-refractivity contribution < 1.29 is 4.74 Å². The molecule has 1 unspecified atom stereocenters. The first kappa shape index (κ1) is 15.4. The lowest BCUT2D eigenvalue weighted by Crippen LogP contribution is -2.40. The molecule has 112 valence electrons. The Balaban J connectivity index is 2.22. The van der Waals surface area contributed by atoms with E-state index >= 15 is 0 Å². The predicted molar refractivity (Wildman–Crippen MR) is 85.7 cm³/mol. The Morgan fingerprint density at radius 1 is 1.15 bits per heavy atom. The maximum atomic E-state index is 5.60. The highest BCUT2D eigenvalue weighted by molar-refractivity contribution is 5.46. The standard InChI is InChI=1S/C18H29NO/c1-5-11-19(12-6-2)15-8-9-16-14(3)7-10-18(20-4)17(16)13-15/h7,10,15H,5-6,8-9,11-13H2,1-4H3. The smallest absolute Gasteiger partial charge is 0.122 e. The third-order valence-corrected chi connectivity index (χ3v) is 4.55. The van der Waals surface area contributed by atoms with Crippen LogP contribution in [-0.2, 0) is 12.8 Å². The molecule has 2 rings (SSSR count). The summed E-state index contributed by atoms with van der Waals surface area (Å²) in [6.07, 6.45) is 6.14. The zero-order valence-corrected chi connectivity index (χ0v) is 13.5. The summed E-state index contributed by atoms with van der Waals surface area (Å²) in [6, 6.07) is 5.03. The number of rotatable bonds is 6. The highest BCUT2D eigenvalue weighted by Crippen LogP contribution is 2.33. The summed E-state index contributed by atoms with van der Waals surface area (Å²) >= 11 is 0. The van der Waals surface area contributed by atoms with Gasteiger partial charge in [0.25, 0.3) is 0 Å². The molecule has 0 fully saturated rings. The van der Waals surface area contributed by atoms with Crippen molar-refractivity contribution in [3.8, 4) is 5.75 Å². The Kier molecular flexibility index (Phi) is 5.47. The fraction of sp³-hybridized carbons (Fsp3) is 0.667. The van der Waals surface area contributed by atoms with E-state index in [0.717, 1.165) is 12.2 Å². The van der Waals surface area contributed by atoms with Gasteiger partial charge < -0.3 is 9.64 Å². The van der Waals surface area contributed by atoms with Crippen molar-refractivity contribution in [1.82, 2.24) is 4.90 Å². The molecule has 2 heteroatoms. The second-order valence-corrected chi connectivity index (χ2v) is 5.97. The number of aryl methyl sites for hydroxylation is 1. The largest absolute Gasteiger partial charge is 0.496 e. The minimum atomic E-state index is 0.693. The summed E-state index contributed by atoms with van der Waals surface area (Å²) in [5.41, 5.74) is 4.42. The van der Waals surface area contributed by atoms with Gasteiger partial charge in [-0.15, -0.1) is 0 Å². The molecule has 1 aliphatic rings. The number of hydrogen-bond donors (Lipinski definition) is 0. The maximum absolute atomic E-state index is 5.60. The molecule has 0 saturated carbocycles. The molecule has 1 aliphatic carbocycles. The van der Waals surface area contributed by atoms with Crippen LogP contribution in [0.15, 0.2) is 12.1 Å². The van der Waals surface area contributed by atoms with Crippen molar-refractivity contribution in [1.29, 1.82) is 0 Å². The monoisotopic (exact) mass is 275 g/mol. The van der Waals surface area contributed by atoms with Crippen molar-refractivity contribution >= 4 is 0 Å². The first-order valence-electron chi connectivity index (χ1n) is 8.10. The van der Waals surface area contributed by atoms with Gasteiger partial charge in [0.15, 0.2) is 0 Å². The molecule has 1 aromatic carbocycles. The van der Waals surface area contributed by atoms with Crippen LogP contribution in [0.25, 0.3) is 0 Å². The Bertz CT molecular complexity index is 435. The van der Waals surface area contributed by atoms with Gasteiger partial charge in [-0.1, -0.05) is 19.9 Å². The number of fused-ring (bicyclic) bond motifs is 1. The van der Waals surface area contributed by atoms with Crippen LogP contribution in [0.4, 0.5) is 0 Å². The lowest BCUT2D eigenvalue weighted by Gasteiger charge is -2.36. The zero-order valence-electron chi connectivity index (χ0n) is 13.5. The molecule has 1 aromatic rings. The van der Waals surface area contributed by atoms with Crippen molar-refractivity contribution in [3.05, 3.63) is 28.8 Å². The van der Waals surface area contributed by atoms with Crippen LogP contribution in [-0.4, -0.2) is 31.1 Å². The fourth-order valence-electron chi connectivity index (χ4n) is 3.56. The van der Waals surface area contributed by atoms with Crippen LogP contribution in [0.2, 0.25) is 0 Å². The summed E-state index contributed by atoms with van der Waals surface area (Å²) < 4.78 is 5.60. The van der Waals surface area contributed by atoms with Gasteiger partial charge in [0, 0.05) is 6.04 Å². The average molecular weight is 275 g/mol. The molecule has 0 saturated heterocycles. The average Bonchev–Trinajstić information content (AvgIpc) is 2.47.